The minimum atomic E-state index is -0.301. The lowest BCUT2D eigenvalue weighted by Gasteiger charge is -2.19. The lowest BCUT2D eigenvalue weighted by molar-refractivity contribution is -0.132. The fraction of sp³-hybridized carbons (Fsp3) is 0.889. The van der Waals surface area contributed by atoms with Crippen molar-refractivity contribution in [1.29, 1.82) is 0 Å². The van der Waals surface area contributed by atoms with Crippen LogP contribution in [-0.2, 0) is 4.79 Å². The summed E-state index contributed by atoms with van der Waals surface area (Å²) in [6.45, 7) is 2.20. The first kappa shape index (κ1) is 8.97. The highest BCUT2D eigenvalue weighted by Crippen LogP contribution is 2.14. The van der Waals surface area contributed by atoms with Gasteiger partial charge in [0.05, 0.1) is 12.1 Å². The molecule has 0 aliphatic carbocycles. The van der Waals surface area contributed by atoms with Crippen LogP contribution in [0.2, 0.25) is 0 Å². The van der Waals surface area contributed by atoms with Crippen LogP contribution in [0.3, 0.4) is 0 Å². The lowest BCUT2D eigenvalue weighted by atomic mass is 10.2. The van der Waals surface area contributed by atoms with E-state index in [9.17, 15) is 9.90 Å². The Labute approximate surface area is 77.9 Å². The van der Waals surface area contributed by atoms with Gasteiger partial charge in [-0.25, -0.2) is 0 Å². The van der Waals surface area contributed by atoms with Crippen molar-refractivity contribution in [3.63, 3.8) is 0 Å². The molecule has 2 fully saturated rings. The van der Waals surface area contributed by atoms with Crippen molar-refractivity contribution in [2.24, 2.45) is 0 Å². The zero-order chi connectivity index (χ0) is 9.26. The van der Waals surface area contributed by atoms with Crippen LogP contribution in [0.4, 0.5) is 0 Å². The molecule has 0 aromatic heterocycles. The van der Waals surface area contributed by atoms with Crippen LogP contribution in [-0.4, -0.2) is 47.7 Å². The van der Waals surface area contributed by atoms with Crippen LogP contribution in [0.15, 0.2) is 0 Å². The van der Waals surface area contributed by atoms with Crippen LogP contribution in [0, 0.1) is 0 Å². The number of hydrogen-bond acceptors (Lipinski definition) is 3. The summed E-state index contributed by atoms with van der Waals surface area (Å²) in [4.78, 5) is 13.5. The number of aliphatic hydroxyl groups excluding tert-OH is 1. The van der Waals surface area contributed by atoms with Gasteiger partial charge in [0.15, 0.2) is 0 Å². The molecule has 2 N–H and O–H groups in total. The number of hydrogen-bond donors (Lipinski definition) is 2. The van der Waals surface area contributed by atoms with Gasteiger partial charge in [-0.3, -0.25) is 4.79 Å². The Morgan fingerprint density at radius 1 is 1.46 bits per heavy atom. The Morgan fingerprint density at radius 3 is 2.85 bits per heavy atom. The van der Waals surface area contributed by atoms with E-state index in [4.69, 9.17) is 0 Å². The molecule has 2 aliphatic heterocycles. The molecule has 0 spiro atoms. The average Bonchev–Trinajstić information content (AvgIpc) is 2.72. The molecule has 2 heterocycles. The summed E-state index contributed by atoms with van der Waals surface area (Å²) in [6.07, 6.45) is 2.47. The number of nitrogens with zero attached hydrogens (tertiary/aromatic N) is 1. The second kappa shape index (κ2) is 3.64. The van der Waals surface area contributed by atoms with Crippen LogP contribution < -0.4 is 5.32 Å². The van der Waals surface area contributed by atoms with E-state index in [-0.39, 0.29) is 18.1 Å². The highest BCUT2D eigenvalue weighted by Gasteiger charge is 2.31. The molecule has 0 saturated carbocycles. The highest BCUT2D eigenvalue weighted by atomic mass is 16.3. The van der Waals surface area contributed by atoms with Gasteiger partial charge in [0.2, 0.25) is 5.91 Å². The van der Waals surface area contributed by atoms with Gasteiger partial charge < -0.3 is 15.3 Å². The SMILES string of the molecule is O=C([C@@H]1CCCN1)N1CC[C@H](O)C1. The Kier molecular flexibility index (Phi) is 2.51. The van der Waals surface area contributed by atoms with Crippen LogP contribution in [0.5, 0.6) is 0 Å². The van der Waals surface area contributed by atoms with Crippen LogP contribution in [0.1, 0.15) is 19.3 Å². The third-order valence-corrected chi connectivity index (χ3v) is 2.83. The molecule has 2 aliphatic rings. The zero-order valence-corrected chi connectivity index (χ0v) is 7.70. The fourth-order valence-corrected chi connectivity index (χ4v) is 2.06. The van der Waals surface area contributed by atoms with Gasteiger partial charge >= 0.3 is 0 Å². The molecular weight excluding hydrogens is 168 g/mol. The second-order valence-electron chi connectivity index (χ2n) is 3.88. The summed E-state index contributed by atoms with van der Waals surface area (Å²) in [5, 5.41) is 12.5. The molecule has 0 unspecified atom stereocenters. The molecule has 1 amide bonds. The first-order valence-electron chi connectivity index (χ1n) is 4.97. The van der Waals surface area contributed by atoms with E-state index in [0.29, 0.717) is 6.54 Å². The number of nitrogens with one attached hydrogen (secondary N) is 1. The summed E-state index contributed by atoms with van der Waals surface area (Å²) >= 11 is 0. The minimum Gasteiger partial charge on any atom is -0.391 e. The quantitative estimate of drug-likeness (QED) is 0.568. The van der Waals surface area contributed by atoms with Gasteiger partial charge in [-0.15, -0.1) is 0 Å². The van der Waals surface area contributed by atoms with Crippen molar-refractivity contribution in [3.05, 3.63) is 0 Å². The van der Waals surface area contributed by atoms with Gasteiger partial charge in [0.25, 0.3) is 0 Å². The van der Waals surface area contributed by atoms with E-state index < -0.39 is 0 Å². The third kappa shape index (κ3) is 1.84. The van der Waals surface area contributed by atoms with Crippen molar-refractivity contribution in [2.75, 3.05) is 19.6 Å². The van der Waals surface area contributed by atoms with E-state index in [0.717, 1.165) is 32.4 Å². The van der Waals surface area contributed by atoms with E-state index in [2.05, 4.69) is 5.32 Å². The Hall–Kier alpha value is -0.610. The van der Waals surface area contributed by atoms with E-state index in [1.807, 2.05) is 0 Å². The molecule has 2 saturated heterocycles. The zero-order valence-electron chi connectivity index (χ0n) is 7.70. The number of carbonyl (C=O) groups excluding carboxylic acids is 1. The number of amides is 1. The lowest BCUT2D eigenvalue weighted by Crippen LogP contribution is -2.42. The molecule has 13 heavy (non-hydrogen) atoms. The Balaban J connectivity index is 1.89. The smallest absolute Gasteiger partial charge is 0.239 e. The highest BCUT2D eigenvalue weighted by molar-refractivity contribution is 5.82. The number of rotatable bonds is 1. The van der Waals surface area contributed by atoms with Gasteiger partial charge in [-0.05, 0) is 25.8 Å². The minimum absolute atomic E-state index is 0.0188. The van der Waals surface area contributed by atoms with Crippen LogP contribution >= 0.6 is 0 Å². The summed E-state index contributed by atoms with van der Waals surface area (Å²) in [6, 6.07) is 0.0188. The number of likely N-dealkylation sites (tertiary alicyclic amines) is 1. The summed E-state index contributed by atoms with van der Waals surface area (Å²) < 4.78 is 0. The van der Waals surface area contributed by atoms with Crippen molar-refractivity contribution in [1.82, 2.24) is 10.2 Å². The molecule has 0 radical (unpaired) electrons. The maximum absolute atomic E-state index is 11.7. The third-order valence-electron chi connectivity index (χ3n) is 2.83. The first-order valence-corrected chi connectivity index (χ1v) is 4.97. The van der Waals surface area contributed by atoms with Gasteiger partial charge in [0, 0.05) is 13.1 Å². The summed E-state index contributed by atoms with van der Waals surface area (Å²) in [5.74, 6) is 0.175. The summed E-state index contributed by atoms with van der Waals surface area (Å²) in [5.41, 5.74) is 0. The number of carbonyl (C=O) groups is 1. The van der Waals surface area contributed by atoms with E-state index in [1.165, 1.54) is 0 Å². The molecule has 4 nitrogen and oxygen atoms in total. The monoisotopic (exact) mass is 184 g/mol. The molecule has 0 aromatic rings. The maximum Gasteiger partial charge on any atom is 0.239 e. The second-order valence-corrected chi connectivity index (χ2v) is 3.88. The molecule has 2 rings (SSSR count). The maximum atomic E-state index is 11.7. The Bertz CT molecular complexity index is 202. The van der Waals surface area contributed by atoms with Crippen molar-refractivity contribution < 1.29 is 9.90 Å². The standard InChI is InChI=1S/C9H16N2O2/c12-7-3-5-11(6-7)9(13)8-2-1-4-10-8/h7-8,10,12H,1-6H2/t7-,8-/m0/s1. The number of aliphatic hydroxyl groups is 1. The van der Waals surface area contributed by atoms with Crippen molar-refractivity contribution in [2.45, 2.75) is 31.4 Å². The van der Waals surface area contributed by atoms with Crippen LogP contribution in [0.25, 0.3) is 0 Å². The first-order chi connectivity index (χ1) is 6.27. The van der Waals surface area contributed by atoms with Gasteiger partial charge in [0.1, 0.15) is 0 Å². The predicted octanol–water partition coefficient (Wildman–Crippen LogP) is -0.668. The summed E-state index contributed by atoms with van der Waals surface area (Å²) in [7, 11) is 0. The van der Waals surface area contributed by atoms with Gasteiger partial charge in [-0.2, -0.15) is 0 Å². The fourth-order valence-electron chi connectivity index (χ4n) is 2.06. The predicted molar refractivity (Wildman–Crippen MR) is 48.2 cm³/mol. The number of β-amino-alcohol motifs (C(OH)–C–C–N with tert-alkyl or cyclic N) is 1. The normalized spacial score (nSPS) is 34.1. The molecule has 2 atom stereocenters. The largest absolute Gasteiger partial charge is 0.391 e. The average molecular weight is 184 g/mol. The molecule has 0 bridgehead atoms. The van der Waals surface area contributed by atoms with Gasteiger partial charge in [-0.1, -0.05) is 0 Å². The van der Waals surface area contributed by atoms with Crippen molar-refractivity contribution in [3.8, 4) is 0 Å². The Morgan fingerprint density at radius 2 is 2.31 bits per heavy atom. The molecule has 0 aromatic carbocycles. The molecule has 74 valence electrons. The van der Waals surface area contributed by atoms with E-state index in [1.54, 1.807) is 4.90 Å². The van der Waals surface area contributed by atoms with E-state index >= 15 is 0 Å². The van der Waals surface area contributed by atoms with Crippen molar-refractivity contribution >= 4 is 5.91 Å². The topological polar surface area (TPSA) is 52.6 Å². The molecule has 4 heteroatoms. The molecular formula is C9H16N2O2.